The van der Waals surface area contributed by atoms with E-state index in [1.165, 1.54) is 16.7 Å². The summed E-state index contributed by atoms with van der Waals surface area (Å²) >= 11 is 0. The van der Waals surface area contributed by atoms with Crippen LogP contribution in [0, 0.1) is 6.92 Å². The number of hydrogen-bond donors (Lipinski definition) is 2. The average molecular weight is 339 g/mol. The fraction of sp³-hybridized carbons (Fsp3) is 0.429. The number of hydrogen-bond acceptors (Lipinski definition) is 4. The summed E-state index contributed by atoms with van der Waals surface area (Å²) in [5.41, 5.74) is 3.73. The lowest BCUT2D eigenvalue weighted by molar-refractivity contribution is 0.240. The van der Waals surface area contributed by atoms with Crippen LogP contribution in [0.5, 0.6) is 5.75 Å². The minimum Gasteiger partial charge on any atom is -0.489 e. The maximum absolute atomic E-state index is 6.09. The number of nitrogens with zero attached hydrogens (tertiary/aromatic N) is 1. The quantitative estimate of drug-likeness (QED) is 0.725. The van der Waals surface area contributed by atoms with Crippen LogP contribution in [-0.2, 0) is 13.2 Å². The van der Waals surface area contributed by atoms with Gasteiger partial charge in [0.05, 0.1) is 0 Å². The third kappa shape index (κ3) is 5.56. The fourth-order valence-electron chi connectivity index (χ4n) is 3.11. The van der Waals surface area contributed by atoms with E-state index in [0.29, 0.717) is 6.61 Å². The predicted octanol–water partition coefficient (Wildman–Crippen LogP) is 2.57. The summed E-state index contributed by atoms with van der Waals surface area (Å²) in [5, 5.41) is 6.95. The Hall–Kier alpha value is -1.88. The molecule has 134 valence electrons. The second-order valence-corrected chi connectivity index (χ2v) is 6.59. The SMILES string of the molecule is Cc1ccccc1COc1ccccc1CNCCN1CCNCC1. The molecule has 1 saturated heterocycles. The van der Waals surface area contributed by atoms with Gasteiger partial charge >= 0.3 is 0 Å². The highest BCUT2D eigenvalue weighted by atomic mass is 16.5. The first-order chi connectivity index (χ1) is 12.3. The first kappa shape index (κ1) is 17.9. The number of benzene rings is 2. The summed E-state index contributed by atoms with van der Waals surface area (Å²) < 4.78 is 6.09. The molecule has 1 aliphatic heterocycles. The number of aryl methyl sites for hydroxylation is 1. The number of piperazine rings is 1. The van der Waals surface area contributed by atoms with Crippen molar-refractivity contribution < 1.29 is 4.74 Å². The van der Waals surface area contributed by atoms with Gasteiger partial charge in [-0.05, 0) is 24.1 Å². The first-order valence-corrected chi connectivity index (χ1v) is 9.22. The normalized spacial score (nSPS) is 15.2. The van der Waals surface area contributed by atoms with Gasteiger partial charge in [-0.2, -0.15) is 0 Å². The van der Waals surface area contributed by atoms with Crippen LogP contribution in [0.1, 0.15) is 16.7 Å². The lowest BCUT2D eigenvalue weighted by Crippen LogP contribution is -2.45. The van der Waals surface area contributed by atoms with Gasteiger partial charge in [0.2, 0.25) is 0 Å². The molecular weight excluding hydrogens is 310 g/mol. The summed E-state index contributed by atoms with van der Waals surface area (Å²) in [6.45, 7) is 10.2. The van der Waals surface area contributed by atoms with E-state index in [0.717, 1.165) is 51.6 Å². The van der Waals surface area contributed by atoms with Gasteiger partial charge in [-0.3, -0.25) is 4.90 Å². The zero-order valence-corrected chi connectivity index (χ0v) is 15.1. The molecule has 4 heteroatoms. The van der Waals surface area contributed by atoms with Crippen LogP contribution < -0.4 is 15.4 Å². The Morgan fingerprint density at radius 1 is 1.00 bits per heavy atom. The van der Waals surface area contributed by atoms with Gasteiger partial charge in [0.15, 0.2) is 0 Å². The molecule has 0 saturated carbocycles. The van der Waals surface area contributed by atoms with Crippen LogP contribution in [0.25, 0.3) is 0 Å². The molecule has 0 unspecified atom stereocenters. The molecule has 0 amide bonds. The molecule has 1 fully saturated rings. The minimum atomic E-state index is 0.616. The Kier molecular flexibility index (Phi) is 6.86. The Balaban J connectivity index is 1.47. The van der Waals surface area contributed by atoms with E-state index in [2.05, 4.69) is 64.9 Å². The lowest BCUT2D eigenvalue weighted by Gasteiger charge is -2.27. The molecule has 2 aromatic carbocycles. The molecule has 0 spiro atoms. The summed E-state index contributed by atoms with van der Waals surface area (Å²) in [7, 11) is 0. The zero-order valence-electron chi connectivity index (χ0n) is 15.1. The smallest absolute Gasteiger partial charge is 0.124 e. The number of rotatable bonds is 8. The third-order valence-electron chi connectivity index (χ3n) is 4.75. The van der Waals surface area contributed by atoms with Crippen molar-refractivity contribution >= 4 is 0 Å². The van der Waals surface area contributed by atoms with Gasteiger partial charge in [0.25, 0.3) is 0 Å². The topological polar surface area (TPSA) is 36.5 Å². The standard InChI is InChI=1S/C21H29N3O/c1-18-6-2-3-8-20(18)17-25-21-9-5-4-7-19(21)16-23-12-15-24-13-10-22-11-14-24/h2-9,22-23H,10-17H2,1H3. The number of para-hydroxylation sites is 1. The average Bonchev–Trinajstić information content (AvgIpc) is 2.66. The van der Waals surface area contributed by atoms with E-state index in [-0.39, 0.29) is 0 Å². The van der Waals surface area contributed by atoms with Crippen molar-refractivity contribution in [3.8, 4) is 5.75 Å². The van der Waals surface area contributed by atoms with E-state index in [9.17, 15) is 0 Å². The Morgan fingerprint density at radius 2 is 1.72 bits per heavy atom. The molecule has 0 aliphatic carbocycles. The molecule has 2 N–H and O–H groups in total. The summed E-state index contributed by atoms with van der Waals surface area (Å²) in [6.07, 6.45) is 0. The van der Waals surface area contributed by atoms with E-state index in [1.54, 1.807) is 0 Å². The first-order valence-electron chi connectivity index (χ1n) is 9.22. The van der Waals surface area contributed by atoms with Crippen LogP contribution in [0.15, 0.2) is 48.5 Å². The largest absolute Gasteiger partial charge is 0.489 e. The highest BCUT2D eigenvalue weighted by Crippen LogP contribution is 2.20. The van der Waals surface area contributed by atoms with Gasteiger partial charge in [0, 0.05) is 51.4 Å². The van der Waals surface area contributed by atoms with Gasteiger partial charge < -0.3 is 15.4 Å². The molecule has 4 nitrogen and oxygen atoms in total. The molecule has 1 aliphatic rings. The highest BCUT2D eigenvalue weighted by Gasteiger charge is 2.09. The second kappa shape index (κ2) is 9.56. The van der Waals surface area contributed by atoms with Crippen molar-refractivity contribution in [3.63, 3.8) is 0 Å². The van der Waals surface area contributed by atoms with Crippen LogP contribution in [-0.4, -0.2) is 44.2 Å². The van der Waals surface area contributed by atoms with Crippen molar-refractivity contribution in [3.05, 3.63) is 65.2 Å². The summed E-state index contributed by atoms with van der Waals surface area (Å²) in [6, 6.07) is 16.7. The van der Waals surface area contributed by atoms with Crippen LogP contribution in [0.3, 0.4) is 0 Å². The van der Waals surface area contributed by atoms with Crippen LogP contribution in [0.2, 0.25) is 0 Å². The molecule has 2 aromatic rings. The van der Waals surface area contributed by atoms with E-state index >= 15 is 0 Å². The van der Waals surface area contributed by atoms with Gasteiger partial charge in [-0.1, -0.05) is 42.5 Å². The second-order valence-electron chi connectivity index (χ2n) is 6.59. The highest BCUT2D eigenvalue weighted by molar-refractivity contribution is 5.34. The molecule has 3 rings (SSSR count). The van der Waals surface area contributed by atoms with Crippen LogP contribution >= 0.6 is 0 Å². The predicted molar refractivity (Wildman–Crippen MR) is 103 cm³/mol. The van der Waals surface area contributed by atoms with Crippen molar-refractivity contribution in [1.29, 1.82) is 0 Å². The van der Waals surface area contributed by atoms with Gasteiger partial charge in [0.1, 0.15) is 12.4 Å². The third-order valence-corrected chi connectivity index (χ3v) is 4.75. The van der Waals surface area contributed by atoms with E-state index in [4.69, 9.17) is 4.74 Å². The Labute approximate surface area is 151 Å². The van der Waals surface area contributed by atoms with Crippen molar-refractivity contribution in [2.24, 2.45) is 0 Å². The summed E-state index contributed by atoms with van der Waals surface area (Å²) in [4.78, 5) is 2.50. The monoisotopic (exact) mass is 339 g/mol. The van der Waals surface area contributed by atoms with Crippen molar-refractivity contribution in [2.75, 3.05) is 39.3 Å². The van der Waals surface area contributed by atoms with Crippen molar-refractivity contribution in [1.82, 2.24) is 15.5 Å². The zero-order chi connectivity index (χ0) is 17.3. The molecule has 25 heavy (non-hydrogen) atoms. The maximum Gasteiger partial charge on any atom is 0.124 e. The van der Waals surface area contributed by atoms with Gasteiger partial charge in [-0.25, -0.2) is 0 Å². The number of ether oxygens (including phenoxy) is 1. The molecule has 0 aromatic heterocycles. The Morgan fingerprint density at radius 3 is 2.52 bits per heavy atom. The molecule has 1 heterocycles. The minimum absolute atomic E-state index is 0.616. The van der Waals surface area contributed by atoms with Crippen molar-refractivity contribution in [2.45, 2.75) is 20.1 Å². The molecule has 0 radical (unpaired) electrons. The van der Waals surface area contributed by atoms with Crippen LogP contribution in [0.4, 0.5) is 0 Å². The molecule has 0 bridgehead atoms. The number of nitrogens with one attached hydrogen (secondary N) is 2. The molecular formula is C21H29N3O. The lowest BCUT2D eigenvalue weighted by atomic mass is 10.1. The van der Waals surface area contributed by atoms with Gasteiger partial charge in [-0.15, -0.1) is 0 Å². The van der Waals surface area contributed by atoms with E-state index in [1.807, 2.05) is 6.07 Å². The maximum atomic E-state index is 6.09. The Bertz CT molecular complexity index is 653. The van der Waals surface area contributed by atoms with E-state index < -0.39 is 0 Å². The molecule has 0 atom stereocenters. The summed E-state index contributed by atoms with van der Waals surface area (Å²) in [5.74, 6) is 0.973. The fourth-order valence-corrected chi connectivity index (χ4v) is 3.11.